The van der Waals surface area contributed by atoms with Crippen LogP contribution in [0.2, 0.25) is 0 Å². The van der Waals surface area contributed by atoms with E-state index in [9.17, 15) is 13.2 Å². The van der Waals surface area contributed by atoms with E-state index in [4.69, 9.17) is 4.74 Å². The van der Waals surface area contributed by atoms with E-state index in [0.717, 1.165) is 42.8 Å². The first-order valence-corrected chi connectivity index (χ1v) is 6.28. The van der Waals surface area contributed by atoms with Gasteiger partial charge < -0.3 is 10.1 Å². The molecule has 0 bridgehead atoms. The second-order valence-corrected chi connectivity index (χ2v) is 4.83. The molecule has 1 aliphatic rings. The second-order valence-electron chi connectivity index (χ2n) is 3.97. The number of rotatable bonds is 3. The molecule has 2 rings (SSSR count). The SMILES string of the molecule is FC(F)(F)c1csc(NCC2CCOCC2)n1. The molecule has 7 heteroatoms. The van der Waals surface area contributed by atoms with Gasteiger partial charge in [-0.15, -0.1) is 11.3 Å². The molecule has 1 saturated heterocycles. The Morgan fingerprint density at radius 1 is 1.41 bits per heavy atom. The van der Waals surface area contributed by atoms with Gasteiger partial charge >= 0.3 is 6.18 Å². The smallest absolute Gasteiger partial charge is 0.381 e. The normalized spacial score (nSPS) is 18.3. The number of thiazole rings is 1. The minimum Gasteiger partial charge on any atom is -0.381 e. The molecule has 0 aliphatic carbocycles. The van der Waals surface area contributed by atoms with Gasteiger partial charge in [0.2, 0.25) is 0 Å². The summed E-state index contributed by atoms with van der Waals surface area (Å²) in [6.45, 7) is 2.13. The Balaban J connectivity index is 1.84. The van der Waals surface area contributed by atoms with E-state index in [0.29, 0.717) is 17.6 Å². The van der Waals surface area contributed by atoms with Crippen molar-refractivity contribution in [3.63, 3.8) is 0 Å². The fourth-order valence-electron chi connectivity index (χ4n) is 1.67. The summed E-state index contributed by atoms with van der Waals surface area (Å²) < 4.78 is 42.1. The largest absolute Gasteiger partial charge is 0.434 e. The average Bonchev–Trinajstić information content (AvgIpc) is 2.76. The maximum atomic E-state index is 12.3. The van der Waals surface area contributed by atoms with Crippen LogP contribution in [0.5, 0.6) is 0 Å². The maximum Gasteiger partial charge on any atom is 0.434 e. The number of nitrogens with zero attached hydrogens (tertiary/aromatic N) is 1. The molecule has 0 unspecified atom stereocenters. The van der Waals surface area contributed by atoms with E-state index in [1.807, 2.05) is 0 Å². The molecule has 1 aromatic heterocycles. The van der Waals surface area contributed by atoms with E-state index in [1.165, 1.54) is 0 Å². The molecule has 3 nitrogen and oxygen atoms in total. The summed E-state index contributed by atoms with van der Waals surface area (Å²) in [5.41, 5.74) is -0.822. The molecule has 1 aliphatic heterocycles. The first-order chi connectivity index (χ1) is 8.05. The van der Waals surface area contributed by atoms with Gasteiger partial charge in [0.15, 0.2) is 10.8 Å². The van der Waals surface area contributed by atoms with Crippen molar-refractivity contribution >= 4 is 16.5 Å². The van der Waals surface area contributed by atoms with Gasteiger partial charge in [0.1, 0.15) is 0 Å². The molecular weight excluding hydrogens is 253 g/mol. The third-order valence-electron chi connectivity index (χ3n) is 2.68. The Morgan fingerprint density at radius 2 is 2.12 bits per heavy atom. The van der Waals surface area contributed by atoms with E-state index in [1.54, 1.807) is 0 Å². The quantitative estimate of drug-likeness (QED) is 0.913. The van der Waals surface area contributed by atoms with Crippen molar-refractivity contribution in [2.24, 2.45) is 5.92 Å². The molecule has 1 N–H and O–H groups in total. The monoisotopic (exact) mass is 266 g/mol. The molecule has 17 heavy (non-hydrogen) atoms. The summed E-state index contributed by atoms with van der Waals surface area (Å²) in [5, 5.41) is 4.33. The van der Waals surface area contributed by atoms with Crippen LogP contribution in [0.1, 0.15) is 18.5 Å². The number of hydrogen-bond donors (Lipinski definition) is 1. The first-order valence-electron chi connectivity index (χ1n) is 5.40. The number of anilines is 1. The lowest BCUT2D eigenvalue weighted by molar-refractivity contribution is -0.140. The number of ether oxygens (including phenoxy) is 1. The fraction of sp³-hybridized carbons (Fsp3) is 0.700. The third-order valence-corrected chi connectivity index (χ3v) is 3.48. The van der Waals surface area contributed by atoms with Crippen LogP contribution >= 0.6 is 11.3 Å². The van der Waals surface area contributed by atoms with Gasteiger partial charge in [-0.1, -0.05) is 0 Å². The minimum absolute atomic E-state index is 0.337. The van der Waals surface area contributed by atoms with Crippen molar-refractivity contribution in [2.75, 3.05) is 25.1 Å². The summed E-state index contributed by atoms with van der Waals surface area (Å²) in [5.74, 6) is 0.460. The molecule has 0 amide bonds. The second kappa shape index (κ2) is 5.22. The highest BCUT2D eigenvalue weighted by atomic mass is 32.1. The lowest BCUT2D eigenvalue weighted by Crippen LogP contribution is -2.22. The van der Waals surface area contributed by atoms with Gasteiger partial charge in [-0.3, -0.25) is 0 Å². The van der Waals surface area contributed by atoms with E-state index < -0.39 is 11.9 Å². The maximum absolute atomic E-state index is 12.3. The number of alkyl halides is 3. The molecule has 2 heterocycles. The van der Waals surface area contributed by atoms with Gasteiger partial charge in [-0.25, -0.2) is 4.98 Å². The standard InChI is InChI=1S/C10H13F3N2OS/c11-10(12,13)8-6-17-9(15-8)14-5-7-1-3-16-4-2-7/h6-7H,1-5H2,(H,14,15). The summed E-state index contributed by atoms with van der Waals surface area (Å²) in [6, 6.07) is 0. The van der Waals surface area contributed by atoms with Crippen molar-refractivity contribution < 1.29 is 17.9 Å². The Labute approximate surface area is 101 Å². The molecule has 0 spiro atoms. The van der Waals surface area contributed by atoms with Crippen molar-refractivity contribution in [1.29, 1.82) is 0 Å². The van der Waals surface area contributed by atoms with Crippen LogP contribution in [-0.4, -0.2) is 24.7 Å². The Morgan fingerprint density at radius 3 is 2.71 bits per heavy atom. The molecule has 96 valence electrons. The lowest BCUT2D eigenvalue weighted by atomic mass is 10.0. The van der Waals surface area contributed by atoms with Crippen molar-refractivity contribution in [3.8, 4) is 0 Å². The highest BCUT2D eigenvalue weighted by Gasteiger charge is 2.33. The van der Waals surface area contributed by atoms with Crippen molar-refractivity contribution in [3.05, 3.63) is 11.1 Å². The zero-order valence-corrected chi connectivity index (χ0v) is 9.90. The molecular formula is C10H13F3N2OS. The predicted molar refractivity (Wildman–Crippen MR) is 59.1 cm³/mol. The number of hydrogen-bond acceptors (Lipinski definition) is 4. The zero-order valence-electron chi connectivity index (χ0n) is 9.09. The third kappa shape index (κ3) is 3.57. The minimum atomic E-state index is -4.35. The van der Waals surface area contributed by atoms with Crippen LogP contribution in [-0.2, 0) is 10.9 Å². The Bertz CT molecular complexity index is 361. The van der Waals surface area contributed by atoms with Crippen LogP contribution in [0.15, 0.2) is 5.38 Å². The number of halogens is 3. The van der Waals surface area contributed by atoms with Gasteiger partial charge in [-0.2, -0.15) is 13.2 Å². The fourth-order valence-corrected chi connectivity index (χ4v) is 2.39. The summed E-state index contributed by atoms with van der Waals surface area (Å²) in [7, 11) is 0. The number of aromatic nitrogens is 1. The van der Waals surface area contributed by atoms with Gasteiger partial charge in [-0.05, 0) is 18.8 Å². The van der Waals surface area contributed by atoms with Gasteiger partial charge in [0.05, 0.1) is 0 Å². The van der Waals surface area contributed by atoms with Gasteiger partial charge in [0.25, 0.3) is 0 Å². The Hall–Kier alpha value is -0.820. The Kier molecular flexibility index (Phi) is 3.88. The van der Waals surface area contributed by atoms with Crippen LogP contribution < -0.4 is 5.32 Å². The average molecular weight is 266 g/mol. The van der Waals surface area contributed by atoms with Gasteiger partial charge in [0, 0.05) is 25.1 Å². The molecule has 0 aromatic carbocycles. The summed E-state index contributed by atoms with van der Waals surface area (Å²) >= 11 is 0.992. The summed E-state index contributed by atoms with van der Waals surface area (Å²) in [6.07, 6.45) is -2.45. The molecule has 0 radical (unpaired) electrons. The van der Waals surface area contributed by atoms with Crippen molar-refractivity contribution in [1.82, 2.24) is 4.98 Å². The van der Waals surface area contributed by atoms with Crippen LogP contribution in [0.3, 0.4) is 0 Å². The number of nitrogens with one attached hydrogen (secondary N) is 1. The molecule has 1 aromatic rings. The van der Waals surface area contributed by atoms with E-state index in [2.05, 4.69) is 10.3 Å². The zero-order chi connectivity index (χ0) is 12.3. The van der Waals surface area contributed by atoms with Crippen LogP contribution in [0.4, 0.5) is 18.3 Å². The molecule has 1 fully saturated rings. The highest BCUT2D eigenvalue weighted by Crippen LogP contribution is 2.31. The topological polar surface area (TPSA) is 34.1 Å². The van der Waals surface area contributed by atoms with E-state index in [-0.39, 0.29) is 0 Å². The van der Waals surface area contributed by atoms with Crippen LogP contribution in [0, 0.1) is 5.92 Å². The van der Waals surface area contributed by atoms with Crippen molar-refractivity contribution in [2.45, 2.75) is 19.0 Å². The lowest BCUT2D eigenvalue weighted by Gasteiger charge is -2.21. The van der Waals surface area contributed by atoms with Crippen LogP contribution in [0.25, 0.3) is 0 Å². The summed E-state index contributed by atoms with van der Waals surface area (Å²) in [4.78, 5) is 3.52. The molecule has 0 atom stereocenters. The highest BCUT2D eigenvalue weighted by molar-refractivity contribution is 7.13. The predicted octanol–water partition coefficient (Wildman–Crippen LogP) is 3.00. The molecule has 0 saturated carbocycles. The first kappa shape index (κ1) is 12.6. The van der Waals surface area contributed by atoms with E-state index >= 15 is 0 Å².